The molecule has 0 N–H and O–H groups in total. The standard InChI is InChI=1S/C14H25N3/c1-4-5-6-7-8-9-10-17-14(11-13(2)3)12-15-16-17/h12H,2,4-11H2,1,3H3. The molecule has 96 valence electrons. The van der Waals surface area contributed by atoms with E-state index in [-0.39, 0.29) is 0 Å². The molecule has 0 radical (unpaired) electrons. The third kappa shape index (κ3) is 5.66. The van der Waals surface area contributed by atoms with Gasteiger partial charge in [-0.15, -0.1) is 5.10 Å². The topological polar surface area (TPSA) is 30.7 Å². The summed E-state index contributed by atoms with van der Waals surface area (Å²) in [5.41, 5.74) is 2.35. The molecular formula is C14H25N3. The predicted octanol–water partition coefficient (Wildman–Crippen LogP) is 3.76. The molecule has 1 rings (SSSR count). The van der Waals surface area contributed by atoms with Gasteiger partial charge >= 0.3 is 0 Å². The van der Waals surface area contributed by atoms with E-state index in [0.717, 1.165) is 18.5 Å². The fraction of sp³-hybridized carbons (Fsp3) is 0.714. The van der Waals surface area contributed by atoms with Gasteiger partial charge in [0.2, 0.25) is 0 Å². The van der Waals surface area contributed by atoms with Crippen molar-refractivity contribution in [1.29, 1.82) is 0 Å². The lowest BCUT2D eigenvalue weighted by molar-refractivity contribution is 0.505. The van der Waals surface area contributed by atoms with Crippen molar-refractivity contribution in [3.05, 3.63) is 24.0 Å². The van der Waals surface area contributed by atoms with E-state index in [4.69, 9.17) is 0 Å². The van der Waals surface area contributed by atoms with Gasteiger partial charge in [0.1, 0.15) is 0 Å². The molecule has 0 fully saturated rings. The lowest BCUT2D eigenvalue weighted by Gasteiger charge is -2.05. The molecule has 17 heavy (non-hydrogen) atoms. The van der Waals surface area contributed by atoms with Crippen molar-refractivity contribution in [2.45, 2.75) is 65.3 Å². The molecule has 0 aromatic carbocycles. The van der Waals surface area contributed by atoms with Gasteiger partial charge in [0.05, 0.1) is 11.9 Å². The van der Waals surface area contributed by atoms with Crippen molar-refractivity contribution >= 4 is 0 Å². The van der Waals surface area contributed by atoms with E-state index in [1.54, 1.807) is 0 Å². The van der Waals surface area contributed by atoms with Crippen LogP contribution in [0.3, 0.4) is 0 Å². The van der Waals surface area contributed by atoms with Crippen molar-refractivity contribution in [1.82, 2.24) is 15.0 Å². The quantitative estimate of drug-likeness (QED) is 0.482. The van der Waals surface area contributed by atoms with E-state index >= 15 is 0 Å². The van der Waals surface area contributed by atoms with Gasteiger partial charge in [-0.05, 0) is 13.3 Å². The van der Waals surface area contributed by atoms with Crippen LogP contribution in [-0.2, 0) is 13.0 Å². The molecule has 1 aromatic heterocycles. The maximum atomic E-state index is 4.13. The number of hydrogen-bond donors (Lipinski definition) is 0. The van der Waals surface area contributed by atoms with Crippen LogP contribution < -0.4 is 0 Å². The molecule has 1 aromatic rings. The molecule has 0 aliphatic heterocycles. The number of nitrogens with zero attached hydrogens (tertiary/aromatic N) is 3. The van der Waals surface area contributed by atoms with Crippen LogP contribution in [0.25, 0.3) is 0 Å². The summed E-state index contributed by atoms with van der Waals surface area (Å²) in [6, 6.07) is 0. The molecule has 1 heterocycles. The van der Waals surface area contributed by atoms with Crippen LogP contribution in [0.4, 0.5) is 0 Å². The molecule has 0 amide bonds. The monoisotopic (exact) mass is 235 g/mol. The second-order valence-electron chi connectivity index (χ2n) is 4.85. The maximum Gasteiger partial charge on any atom is 0.0728 e. The van der Waals surface area contributed by atoms with Gasteiger partial charge in [-0.1, -0.05) is 56.4 Å². The highest BCUT2D eigenvalue weighted by Gasteiger charge is 2.03. The molecule has 0 saturated heterocycles. The van der Waals surface area contributed by atoms with Crippen molar-refractivity contribution in [2.24, 2.45) is 0 Å². The summed E-state index contributed by atoms with van der Waals surface area (Å²) in [6.45, 7) is 9.22. The smallest absolute Gasteiger partial charge is 0.0728 e. The summed E-state index contributed by atoms with van der Waals surface area (Å²) in [7, 11) is 0. The molecule has 3 nitrogen and oxygen atoms in total. The number of allylic oxidation sites excluding steroid dienone is 1. The van der Waals surface area contributed by atoms with Crippen LogP contribution in [0.5, 0.6) is 0 Å². The number of aryl methyl sites for hydroxylation is 1. The van der Waals surface area contributed by atoms with E-state index in [2.05, 4.69) is 23.8 Å². The highest BCUT2D eigenvalue weighted by Crippen LogP contribution is 2.08. The molecule has 0 aliphatic rings. The first-order valence-electron chi connectivity index (χ1n) is 6.75. The highest BCUT2D eigenvalue weighted by atomic mass is 15.4. The minimum atomic E-state index is 0.892. The Labute approximate surface area is 105 Å². The van der Waals surface area contributed by atoms with Gasteiger partial charge in [-0.2, -0.15) is 0 Å². The van der Waals surface area contributed by atoms with Gasteiger partial charge in [-0.25, -0.2) is 4.68 Å². The van der Waals surface area contributed by atoms with Crippen molar-refractivity contribution in [2.75, 3.05) is 0 Å². The summed E-state index contributed by atoms with van der Waals surface area (Å²) >= 11 is 0. The third-order valence-electron chi connectivity index (χ3n) is 2.90. The number of hydrogen-bond acceptors (Lipinski definition) is 2. The molecule has 3 heteroatoms. The SMILES string of the molecule is C=C(C)Cc1cnnn1CCCCCCCC. The van der Waals surface area contributed by atoms with E-state index < -0.39 is 0 Å². The van der Waals surface area contributed by atoms with Crippen molar-refractivity contribution < 1.29 is 0 Å². The molecule has 0 spiro atoms. The zero-order chi connectivity index (χ0) is 12.5. The first-order chi connectivity index (χ1) is 8.24. The Morgan fingerprint density at radius 2 is 1.94 bits per heavy atom. The molecule has 0 unspecified atom stereocenters. The normalized spacial score (nSPS) is 10.7. The average molecular weight is 235 g/mol. The molecule has 0 saturated carbocycles. The summed E-state index contributed by atoms with van der Waals surface area (Å²) in [4.78, 5) is 0. The zero-order valence-electron chi connectivity index (χ0n) is 11.3. The largest absolute Gasteiger partial charge is 0.249 e. The number of aromatic nitrogens is 3. The second kappa shape index (κ2) is 8.04. The van der Waals surface area contributed by atoms with Crippen LogP contribution >= 0.6 is 0 Å². The predicted molar refractivity (Wildman–Crippen MR) is 71.9 cm³/mol. The fourth-order valence-corrected chi connectivity index (χ4v) is 1.96. The third-order valence-corrected chi connectivity index (χ3v) is 2.90. The second-order valence-corrected chi connectivity index (χ2v) is 4.85. The first-order valence-corrected chi connectivity index (χ1v) is 6.75. The van der Waals surface area contributed by atoms with E-state index in [9.17, 15) is 0 Å². The lowest BCUT2D eigenvalue weighted by atomic mass is 10.1. The van der Waals surface area contributed by atoms with E-state index in [0.29, 0.717) is 0 Å². The van der Waals surface area contributed by atoms with E-state index in [1.807, 2.05) is 17.8 Å². The van der Waals surface area contributed by atoms with Crippen molar-refractivity contribution in [3.8, 4) is 0 Å². The molecule has 0 aliphatic carbocycles. The molecule has 0 atom stereocenters. The van der Waals surface area contributed by atoms with Crippen LogP contribution in [-0.4, -0.2) is 15.0 Å². The Balaban J connectivity index is 2.22. The van der Waals surface area contributed by atoms with Gasteiger partial charge in [0.25, 0.3) is 0 Å². The Bertz CT molecular complexity index is 328. The average Bonchev–Trinajstić information content (AvgIpc) is 2.70. The van der Waals surface area contributed by atoms with E-state index in [1.165, 1.54) is 44.2 Å². The molecule has 0 bridgehead atoms. The fourth-order valence-electron chi connectivity index (χ4n) is 1.96. The Hall–Kier alpha value is -1.12. The van der Waals surface area contributed by atoms with Gasteiger partial charge in [0, 0.05) is 13.0 Å². The number of rotatable bonds is 9. The maximum absolute atomic E-state index is 4.13. The van der Waals surface area contributed by atoms with Crippen LogP contribution in [0.15, 0.2) is 18.3 Å². The Morgan fingerprint density at radius 1 is 1.24 bits per heavy atom. The van der Waals surface area contributed by atoms with Gasteiger partial charge in [0.15, 0.2) is 0 Å². The summed E-state index contributed by atoms with van der Waals surface area (Å²) in [5.74, 6) is 0. The van der Waals surface area contributed by atoms with Crippen LogP contribution in [0.2, 0.25) is 0 Å². The van der Waals surface area contributed by atoms with Gasteiger partial charge < -0.3 is 0 Å². The number of unbranched alkanes of at least 4 members (excludes halogenated alkanes) is 5. The van der Waals surface area contributed by atoms with Gasteiger partial charge in [-0.3, -0.25) is 0 Å². The Morgan fingerprint density at radius 3 is 2.65 bits per heavy atom. The summed E-state index contributed by atoms with van der Waals surface area (Å²) < 4.78 is 2.02. The highest BCUT2D eigenvalue weighted by molar-refractivity contribution is 5.06. The zero-order valence-corrected chi connectivity index (χ0v) is 11.3. The van der Waals surface area contributed by atoms with Crippen molar-refractivity contribution in [3.63, 3.8) is 0 Å². The summed E-state index contributed by atoms with van der Waals surface area (Å²) in [5, 5.41) is 8.10. The van der Waals surface area contributed by atoms with Crippen LogP contribution in [0, 0.1) is 0 Å². The minimum absolute atomic E-state index is 0.892. The molecular weight excluding hydrogens is 210 g/mol. The Kier molecular flexibility index (Phi) is 6.60. The lowest BCUT2D eigenvalue weighted by Crippen LogP contribution is -2.05. The summed E-state index contributed by atoms with van der Waals surface area (Å²) in [6.07, 6.45) is 10.6. The first kappa shape index (κ1) is 13.9. The van der Waals surface area contributed by atoms with Crippen LogP contribution in [0.1, 0.15) is 58.1 Å². The minimum Gasteiger partial charge on any atom is -0.249 e.